The summed E-state index contributed by atoms with van der Waals surface area (Å²) in [6, 6.07) is 0. The third kappa shape index (κ3) is 109. The molecular formula is Br6O2P2. The smallest absolute Gasteiger partial charge is 0.268 e. The van der Waals surface area contributed by atoms with Gasteiger partial charge in [0.2, 0.25) is 0 Å². The fourth-order valence-corrected chi connectivity index (χ4v) is 0. The minimum atomic E-state index is -2.20. The number of rotatable bonds is 0. The molecule has 0 radical (unpaired) electrons. The van der Waals surface area contributed by atoms with Gasteiger partial charge in [-0.1, -0.05) is 0 Å². The standard InChI is InChI=1S/2Br3OP/c2*1-5(2,3)4. The second kappa shape index (κ2) is 6.74. The molecule has 0 aliphatic heterocycles. The van der Waals surface area contributed by atoms with E-state index in [9.17, 15) is 9.13 Å². The molecule has 10 heavy (non-hydrogen) atoms. The summed E-state index contributed by atoms with van der Waals surface area (Å²) >= 11 is 16.6. The molecule has 0 saturated heterocycles. The highest BCUT2D eigenvalue weighted by atomic mass is 80.0. The molecular weight excluding hydrogens is 573 g/mol. The lowest BCUT2D eigenvalue weighted by molar-refractivity contribution is 0.602. The number of hydrogen-bond acceptors (Lipinski definition) is 2. The van der Waals surface area contributed by atoms with Crippen LogP contribution in [0.3, 0.4) is 0 Å². The van der Waals surface area contributed by atoms with Crippen molar-refractivity contribution in [1.29, 1.82) is 0 Å². The van der Waals surface area contributed by atoms with Crippen LogP contribution in [0.1, 0.15) is 0 Å². The molecule has 0 saturated carbocycles. The van der Waals surface area contributed by atoms with E-state index in [1.165, 1.54) is 0 Å². The molecule has 0 aromatic heterocycles. The fourth-order valence-electron chi connectivity index (χ4n) is 0. The summed E-state index contributed by atoms with van der Waals surface area (Å²) in [6.07, 6.45) is 0. The van der Waals surface area contributed by atoms with Gasteiger partial charge in [0.15, 0.2) is 0 Å². The molecule has 0 amide bonds. The zero-order chi connectivity index (χ0) is 9.00. The van der Waals surface area contributed by atoms with E-state index in [1.807, 2.05) is 0 Å². The van der Waals surface area contributed by atoms with Gasteiger partial charge in [-0.3, -0.25) is 9.13 Å². The van der Waals surface area contributed by atoms with Crippen LogP contribution in [0.15, 0.2) is 0 Å². The Hall–Kier alpha value is 3.34. The topological polar surface area (TPSA) is 34.1 Å². The summed E-state index contributed by atoms with van der Waals surface area (Å²) in [6.45, 7) is 0. The minimum absolute atomic E-state index is 2.20. The van der Waals surface area contributed by atoms with Crippen LogP contribution < -0.4 is 0 Å². The minimum Gasteiger partial charge on any atom is -0.287 e. The average Bonchev–Trinajstić information content (AvgIpc) is 1.12. The second-order valence-electron chi connectivity index (χ2n) is 0.797. The van der Waals surface area contributed by atoms with Gasteiger partial charge in [-0.2, -0.15) is 0 Å². The highest BCUT2D eigenvalue weighted by Crippen LogP contribution is 2.68. The quantitative estimate of drug-likeness (QED) is 0.308. The summed E-state index contributed by atoms with van der Waals surface area (Å²) in [5.74, 6) is 0. The van der Waals surface area contributed by atoms with Crippen LogP contribution in [-0.4, -0.2) is 0 Å². The first-order valence-corrected chi connectivity index (χ1v) is 16.9. The number of halogens is 6. The molecule has 10 heteroatoms. The lowest BCUT2D eigenvalue weighted by Gasteiger charge is -1.76. The Morgan fingerprint density at radius 3 is 0.600 bits per heavy atom. The average molecular weight is 573 g/mol. The Balaban J connectivity index is 0. The Kier molecular flexibility index (Phi) is 10.7. The third-order valence-corrected chi connectivity index (χ3v) is 0. The maximum Gasteiger partial charge on any atom is 0.268 e. The van der Waals surface area contributed by atoms with Crippen LogP contribution in [-0.2, 0) is 9.13 Å². The van der Waals surface area contributed by atoms with E-state index < -0.39 is 6.50 Å². The third-order valence-electron chi connectivity index (χ3n) is 0. The Morgan fingerprint density at radius 2 is 0.600 bits per heavy atom. The molecule has 0 spiro atoms. The molecule has 0 heterocycles. The maximum atomic E-state index is 9.97. The van der Waals surface area contributed by atoms with Crippen molar-refractivity contribution < 1.29 is 9.13 Å². The van der Waals surface area contributed by atoms with Gasteiger partial charge in [0.25, 0.3) is 6.50 Å². The van der Waals surface area contributed by atoms with Crippen molar-refractivity contribution in [2.75, 3.05) is 0 Å². The highest BCUT2D eigenvalue weighted by molar-refractivity contribution is 9.94. The van der Waals surface area contributed by atoms with E-state index in [4.69, 9.17) is 0 Å². The van der Waals surface area contributed by atoms with Gasteiger partial charge in [0, 0.05) is 92.9 Å². The highest BCUT2D eigenvalue weighted by Gasteiger charge is 2.00. The first-order valence-electron chi connectivity index (χ1n) is 1.38. The van der Waals surface area contributed by atoms with Crippen molar-refractivity contribution >= 4 is 99.4 Å². The Labute approximate surface area is 107 Å². The second-order valence-corrected chi connectivity index (χ2v) is 37.5. The molecule has 0 aliphatic carbocycles. The molecule has 0 N–H and O–H groups in total. The van der Waals surface area contributed by atoms with Crippen LogP contribution in [0.4, 0.5) is 0 Å². The molecule has 0 rings (SSSR count). The molecule has 2 nitrogen and oxygen atoms in total. The van der Waals surface area contributed by atoms with Crippen molar-refractivity contribution in [3.8, 4) is 0 Å². The van der Waals surface area contributed by atoms with E-state index in [-0.39, 0.29) is 0 Å². The normalized spacial score (nSPS) is 11.8. The molecule has 0 bridgehead atoms. The van der Waals surface area contributed by atoms with Gasteiger partial charge >= 0.3 is 0 Å². The maximum absolute atomic E-state index is 9.97. The monoisotopic (exact) mass is 567 g/mol. The van der Waals surface area contributed by atoms with Crippen molar-refractivity contribution in [3.05, 3.63) is 0 Å². The van der Waals surface area contributed by atoms with Gasteiger partial charge in [-0.15, -0.1) is 0 Å². The molecule has 0 fully saturated rings. The van der Waals surface area contributed by atoms with Gasteiger partial charge in [-0.05, 0) is 0 Å². The fraction of sp³-hybridized carbons (Fsp3) is 0. The summed E-state index contributed by atoms with van der Waals surface area (Å²) in [4.78, 5) is 0. The lowest BCUT2D eigenvalue weighted by atomic mass is 16.0. The van der Waals surface area contributed by atoms with E-state index in [1.54, 1.807) is 0 Å². The first kappa shape index (κ1) is 15.8. The summed E-state index contributed by atoms with van der Waals surface area (Å²) in [5.41, 5.74) is 0. The van der Waals surface area contributed by atoms with E-state index in [0.29, 0.717) is 0 Å². The zero-order valence-corrected chi connectivity index (χ0v) is 15.3. The lowest BCUT2D eigenvalue weighted by Crippen LogP contribution is -1.14. The zero-order valence-electron chi connectivity index (χ0n) is 3.98. The van der Waals surface area contributed by atoms with Crippen LogP contribution in [0.25, 0.3) is 0 Å². The Morgan fingerprint density at radius 1 is 0.600 bits per heavy atom. The summed E-state index contributed by atoms with van der Waals surface area (Å²) in [7, 11) is 0. The van der Waals surface area contributed by atoms with Crippen molar-refractivity contribution in [1.82, 2.24) is 0 Å². The predicted molar refractivity (Wildman–Crippen MR) is 68.8 cm³/mol. The summed E-state index contributed by atoms with van der Waals surface area (Å²) in [5, 5.41) is 0. The first-order chi connectivity index (χ1) is 4.00. The van der Waals surface area contributed by atoms with Crippen LogP contribution >= 0.6 is 99.4 Å². The molecule has 0 aromatic rings. The van der Waals surface area contributed by atoms with E-state index >= 15 is 0 Å². The summed E-state index contributed by atoms with van der Waals surface area (Å²) < 4.78 is 15.5. The molecule has 0 aliphatic rings. The Bertz CT molecular complexity index is 126. The largest absolute Gasteiger partial charge is 0.287 e. The van der Waals surface area contributed by atoms with Crippen molar-refractivity contribution in [2.24, 2.45) is 0 Å². The van der Waals surface area contributed by atoms with Gasteiger partial charge < -0.3 is 0 Å². The SMILES string of the molecule is O=P(Br)(Br)Br.O=P(Br)(Br)Br. The van der Waals surface area contributed by atoms with E-state index in [2.05, 4.69) is 92.9 Å². The van der Waals surface area contributed by atoms with Gasteiger partial charge in [0.1, 0.15) is 0 Å². The molecule has 0 unspecified atom stereocenters. The van der Waals surface area contributed by atoms with Crippen LogP contribution in [0.5, 0.6) is 0 Å². The van der Waals surface area contributed by atoms with Crippen molar-refractivity contribution in [3.63, 3.8) is 0 Å². The van der Waals surface area contributed by atoms with Crippen LogP contribution in [0, 0.1) is 0 Å². The van der Waals surface area contributed by atoms with Crippen LogP contribution in [0.2, 0.25) is 0 Å². The van der Waals surface area contributed by atoms with Gasteiger partial charge in [-0.25, -0.2) is 0 Å². The van der Waals surface area contributed by atoms with Crippen molar-refractivity contribution in [2.45, 2.75) is 0 Å². The molecule has 0 aromatic carbocycles. The molecule has 64 valence electrons. The van der Waals surface area contributed by atoms with Gasteiger partial charge in [0.05, 0.1) is 0 Å². The van der Waals surface area contributed by atoms with E-state index in [0.717, 1.165) is 0 Å². The molecule has 0 atom stereocenters. The predicted octanol–water partition coefficient (Wildman–Crippen LogP) is 6.56. The number of hydrogen-bond donors (Lipinski definition) is 0.